The van der Waals surface area contributed by atoms with E-state index in [1.807, 2.05) is 0 Å². The number of carbonyl (C=O) groups is 2. The number of hydrogen-bond donors (Lipinski definition) is 2. The summed E-state index contributed by atoms with van der Waals surface area (Å²) in [5.41, 5.74) is 6.47. The molecule has 0 bridgehead atoms. The lowest BCUT2D eigenvalue weighted by molar-refractivity contribution is -0.121. The number of piperidine rings is 1. The van der Waals surface area contributed by atoms with Crippen LogP contribution in [0.15, 0.2) is 53.4 Å². The molecule has 0 unspecified atom stereocenters. The van der Waals surface area contributed by atoms with Gasteiger partial charge in [-0.2, -0.15) is 4.31 Å². The highest BCUT2D eigenvalue weighted by Gasteiger charge is 2.32. The van der Waals surface area contributed by atoms with E-state index in [9.17, 15) is 18.0 Å². The molecule has 30 heavy (non-hydrogen) atoms. The SMILES string of the molecule is COc1ccc(S(=O)(=O)N2CCC(C(=O)Nc3ccccc3CC(N)=O)CC2)cc1. The van der Waals surface area contributed by atoms with Crippen molar-refractivity contribution in [2.45, 2.75) is 24.2 Å². The van der Waals surface area contributed by atoms with Gasteiger partial charge < -0.3 is 15.8 Å². The van der Waals surface area contributed by atoms with Crippen molar-refractivity contribution in [3.8, 4) is 5.75 Å². The van der Waals surface area contributed by atoms with Crippen LogP contribution in [0.2, 0.25) is 0 Å². The van der Waals surface area contributed by atoms with Crippen LogP contribution in [0.1, 0.15) is 18.4 Å². The Labute approximate surface area is 176 Å². The van der Waals surface area contributed by atoms with E-state index < -0.39 is 15.9 Å². The molecule has 1 aliphatic heterocycles. The van der Waals surface area contributed by atoms with E-state index in [0.29, 0.717) is 29.8 Å². The van der Waals surface area contributed by atoms with Crippen LogP contribution >= 0.6 is 0 Å². The minimum Gasteiger partial charge on any atom is -0.497 e. The van der Waals surface area contributed by atoms with Gasteiger partial charge in [-0.25, -0.2) is 8.42 Å². The van der Waals surface area contributed by atoms with E-state index in [4.69, 9.17) is 10.5 Å². The molecule has 3 N–H and O–H groups in total. The molecule has 8 nitrogen and oxygen atoms in total. The normalized spacial score (nSPS) is 15.5. The molecule has 160 valence electrons. The molecule has 1 heterocycles. The summed E-state index contributed by atoms with van der Waals surface area (Å²) in [4.78, 5) is 24.1. The van der Waals surface area contributed by atoms with E-state index in [1.54, 1.807) is 36.4 Å². The summed E-state index contributed by atoms with van der Waals surface area (Å²) in [6, 6.07) is 13.3. The van der Waals surface area contributed by atoms with Gasteiger partial charge in [0.2, 0.25) is 21.8 Å². The number of nitrogens with one attached hydrogen (secondary N) is 1. The molecule has 1 saturated heterocycles. The maximum Gasteiger partial charge on any atom is 0.243 e. The Morgan fingerprint density at radius 2 is 1.73 bits per heavy atom. The van der Waals surface area contributed by atoms with Crippen molar-refractivity contribution in [3.05, 3.63) is 54.1 Å². The number of para-hydroxylation sites is 1. The summed E-state index contributed by atoms with van der Waals surface area (Å²) in [6.45, 7) is 0.519. The Morgan fingerprint density at radius 3 is 2.33 bits per heavy atom. The Hall–Kier alpha value is -2.91. The first-order valence-electron chi connectivity index (χ1n) is 9.62. The fraction of sp³-hybridized carbons (Fsp3) is 0.333. The van der Waals surface area contributed by atoms with Crippen LogP contribution in [0.5, 0.6) is 5.75 Å². The first kappa shape index (κ1) is 21.8. The van der Waals surface area contributed by atoms with Crippen molar-refractivity contribution in [1.82, 2.24) is 4.31 Å². The standard InChI is InChI=1S/C21H25N3O5S/c1-29-17-6-8-18(9-7-17)30(27,28)24-12-10-15(11-13-24)21(26)23-19-5-3-2-4-16(19)14-20(22)25/h2-9,15H,10-14H2,1H3,(H2,22,25)(H,23,26). The van der Waals surface area contributed by atoms with Crippen LogP contribution in [-0.4, -0.2) is 44.7 Å². The average molecular weight is 432 g/mol. The summed E-state index contributed by atoms with van der Waals surface area (Å²) in [6.07, 6.45) is 0.868. The van der Waals surface area contributed by atoms with Gasteiger partial charge >= 0.3 is 0 Å². The number of anilines is 1. The van der Waals surface area contributed by atoms with Gasteiger partial charge in [0, 0.05) is 24.7 Å². The minimum atomic E-state index is -3.62. The van der Waals surface area contributed by atoms with Gasteiger partial charge in [-0.15, -0.1) is 0 Å². The molecule has 0 spiro atoms. The number of rotatable bonds is 7. The van der Waals surface area contributed by atoms with Crippen LogP contribution in [0.4, 0.5) is 5.69 Å². The monoisotopic (exact) mass is 431 g/mol. The Morgan fingerprint density at radius 1 is 1.10 bits per heavy atom. The molecule has 1 aliphatic rings. The van der Waals surface area contributed by atoms with Crippen LogP contribution < -0.4 is 15.8 Å². The first-order valence-corrected chi connectivity index (χ1v) is 11.1. The lowest BCUT2D eigenvalue weighted by Gasteiger charge is -2.30. The second kappa shape index (κ2) is 9.27. The highest BCUT2D eigenvalue weighted by molar-refractivity contribution is 7.89. The summed E-state index contributed by atoms with van der Waals surface area (Å²) in [7, 11) is -2.10. The van der Waals surface area contributed by atoms with Crippen molar-refractivity contribution in [2.75, 3.05) is 25.5 Å². The molecule has 3 rings (SSSR count). The Bertz CT molecular complexity index is 1010. The zero-order valence-corrected chi connectivity index (χ0v) is 17.5. The van der Waals surface area contributed by atoms with Crippen molar-refractivity contribution < 1.29 is 22.7 Å². The van der Waals surface area contributed by atoms with Crippen molar-refractivity contribution in [3.63, 3.8) is 0 Å². The Balaban J connectivity index is 1.62. The summed E-state index contributed by atoms with van der Waals surface area (Å²) >= 11 is 0. The Kier molecular flexibility index (Phi) is 6.73. The lowest BCUT2D eigenvalue weighted by Crippen LogP contribution is -2.41. The van der Waals surface area contributed by atoms with Crippen molar-refractivity contribution in [1.29, 1.82) is 0 Å². The molecule has 9 heteroatoms. The van der Waals surface area contributed by atoms with Gasteiger partial charge in [0.1, 0.15) is 5.75 Å². The van der Waals surface area contributed by atoms with Crippen molar-refractivity contribution >= 4 is 27.5 Å². The van der Waals surface area contributed by atoms with Gasteiger partial charge in [-0.1, -0.05) is 18.2 Å². The number of amides is 2. The average Bonchev–Trinajstić information content (AvgIpc) is 2.75. The van der Waals surface area contributed by atoms with E-state index in [0.717, 1.165) is 0 Å². The summed E-state index contributed by atoms with van der Waals surface area (Å²) in [5, 5.41) is 2.85. The number of nitrogens with zero attached hydrogens (tertiary/aromatic N) is 1. The summed E-state index contributed by atoms with van der Waals surface area (Å²) < 4.78 is 32.2. The predicted octanol–water partition coefficient (Wildman–Crippen LogP) is 1.76. The molecule has 1 fully saturated rings. The fourth-order valence-corrected chi connectivity index (χ4v) is 4.94. The number of benzene rings is 2. The molecule has 0 saturated carbocycles. The van der Waals surface area contributed by atoms with E-state index in [-0.39, 0.29) is 36.2 Å². The van der Waals surface area contributed by atoms with Crippen LogP contribution in [-0.2, 0) is 26.0 Å². The number of primary amides is 1. The molecule has 0 aromatic heterocycles. The third-order valence-corrected chi connectivity index (χ3v) is 7.07. The number of hydrogen-bond acceptors (Lipinski definition) is 5. The molecule has 0 aliphatic carbocycles. The number of carbonyl (C=O) groups excluding carboxylic acids is 2. The third kappa shape index (κ3) is 4.98. The largest absolute Gasteiger partial charge is 0.497 e. The lowest BCUT2D eigenvalue weighted by atomic mass is 9.97. The number of nitrogens with two attached hydrogens (primary N) is 1. The maximum atomic E-state index is 12.8. The number of ether oxygens (including phenoxy) is 1. The van der Waals surface area contributed by atoms with E-state index in [2.05, 4.69) is 5.32 Å². The highest BCUT2D eigenvalue weighted by atomic mass is 32.2. The first-order chi connectivity index (χ1) is 14.3. The van der Waals surface area contributed by atoms with Gasteiger partial charge in [0.25, 0.3) is 0 Å². The van der Waals surface area contributed by atoms with Gasteiger partial charge in [0.15, 0.2) is 0 Å². The number of sulfonamides is 1. The quantitative estimate of drug-likeness (QED) is 0.692. The molecular weight excluding hydrogens is 406 g/mol. The van der Waals surface area contributed by atoms with Crippen molar-refractivity contribution in [2.24, 2.45) is 11.7 Å². The zero-order valence-electron chi connectivity index (χ0n) is 16.7. The minimum absolute atomic E-state index is 0.0367. The van der Waals surface area contributed by atoms with E-state index in [1.165, 1.54) is 23.5 Å². The van der Waals surface area contributed by atoms with Gasteiger partial charge in [-0.05, 0) is 48.7 Å². The molecule has 2 aromatic carbocycles. The molecule has 0 atom stereocenters. The zero-order chi connectivity index (χ0) is 21.7. The molecule has 0 radical (unpaired) electrons. The predicted molar refractivity (Wildman–Crippen MR) is 112 cm³/mol. The van der Waals surface area contributed by atoms with Gasteiger partial charge in [0.05, 0.1) is 18.4 Å². The number of methoxy groups -OCH3 is 1. The van der Waals surface area contributed by atoms with Crippen LogP contribution in [0.25, 0.3) is 0 Å². The second-order valence-electron chi connectivity index (χ2n) is 7.14. The van der Waals surface area contributed by atoms with Crippen LogP contribution in [0.3, 0.4) is 0 Å². The topological polar surface area (TPSA) is 119 Å². The molecule has 2 aromatic rings. The molecular formula is C21H25N3O5S. The van der Waals surface area contributed by atoms with E-state index >= 15 is 0 Å². The highest BCUT2D eigenvalue weighted by Crippen LogP contribution is 2.26. The fourth-order valence-electron chi connectivity index (χ4n) is 3.47. The van der Waals surface area contributed by atoms with Gasteiger partial charge in [-0.3, -0.25) is 9.59 Å². The second-order valence-corrected chi connectivity index (χ2v) is 9.08. The molecule has 2 amide bonds. The maximum absolute atomic E-state index is 12.8. The summed E-state index contributed by atoms with van der Waals surface area (Å²) in [5.74, 6) is -0.392. The smallest absolute Gasteiger partial charge is 0.243 e. The van der Waals surface area contributed by atoms with Crippen LogP contribution in [0, 0.1) is 5.92 Å². The third-order valence-electron chi connectivity index (χ3n) is 5.16.